The molecule has 1 aliphatic carbocycles. The molecule has 0 amide bonds. The van der Waals surface area contributed by atoms with Crippen LogP contribution in [0.15, 0.2) is 0 Å². The molecule has 0 unspecified atom stereocenters. The third-order valence-corrected chi connectivity index (χ3v) is 2.57. The predicted molar refractivity (Wildman–Crippen MR) is 67.9 cm³/mol. The van der Waals surface area contributed by atoms with E-state index in [9.17, 15) is 0 Å². The third kappa shape index (κ3) is 6.42. The Hall–Kier alpha value is -0.0400. The minimum absolute atomic E-state index is 0.564. The highest BCUT2D eigenvalue weighted by Gasteiger charge is 2.33. The highest BCUT2D eigenvalue weighted by Crippen LogP contribution is 2.35. The van der Waals surface area contributed by atoms with E-state index in [2.05, 4.69) is 33.1 Å². The van der Waals surface area contributed by atoms with E-state index in [1.807, 2.05) is 13.8 Å². The van der Waals surface area contributed by atoms with Crippen molar-refractivity contribution in [2.75, 3.05) is 7.05 Å². The van der Waals surface area contributed by atoms with Crippen LogP contribution in [0.4, 0.5) is 0 Å². The van der Waals surface area contributed by atoms with Crippen LogP contribution < -0.4 is 5.32 Å². The first-order valence-corrected chi connectivity index (χ1v) is 6.43. The number of hydrogen-bond acceptors (Lipinski definition) is 1. The van der Waals surface area contributed by atoms with E-state index in [0.717, 1.165) is 0 Å². The van der Waals surface area contributed by atoms with E-state index in [0.29, 0.717) is 5.54 Å². The van der Waals surface area contributed by atoms with Crippen molar-refractivity contribution in [2.24, 2.45) is 0 Å². The average molecular weight is 201 g/mol. The molecule has 0 bridgehead atoms. The van der Waals surface area contributed by atoms with Gasteiger partial charge in [-0.15, -0.1) is 0 Å². The molecular formula is C13H31N. The lowest BCUT2D eigenvalue weighted by Gasteiger charge is -2.41. The van der Waals surface area contributed by atoms with Crippen LogP contribution in [0.2, 0.25) is 0 Å². The van der Waals surface area contributed by atoms with Crippen molar-refractivity contribution in [2.45, 2.75) is 78.7 Å². The molecule has 0 spiro atoms. The summed E-state index contributed by atoms with van der Waals surface area (Å²) < 4.78 is 0. The van der Waals surface area contributed by atoms with Crippen LogP contribution >= 0.6 is 0 Å². The Bertz CT molecular complexity index is 89.9. The van der Waals surface area contributed by atoms with Crippen LogP contribution in [0.1, 0.15) is 73.1 Å². The summed E-state index contributed by atoms with van der Waals surface area (Å²) >= 11 is 0. The summed E-state index contributed by atoms with van der Waals surface area (Å²) in [7, 11) is 2.09. The van der Waals surface area contributed by atoms with Gasteiger partial charge >= 0.3 is 0 Å². The maximum absolute atomic E-state index is 3.42. The van der Waals surface area contributed by atoms with Crippen LogP contribution in [-0.4, -0.2) is 12.6 Å². The molecule has 0 aromatic carbocycles. The zero-order chi connectivity index (χ0) is 11.4. The van der Waals surface area contributed by atoms with Gasteiger partial charge in [0.2, 0.25) is 0 Å². The summed E-state index contributed by atoms with van der Waals surface area (Å²) in [4.78, 5) is 0. The van der Waals surface area contributed by atoms with Crippen molar-refractivity contribution >= 4 is 0 Å². The van der Waals surface area contributed by atoms with Gasteiger partial charge < -0.3 is 5.32 Å². The molecule has 1 rings (SSSR count). The van der Waals surface area contributed by atoms with Gasteiger partial charge in [0.1, 0.15) is 0 Å². The molecule has 0 aromatic heterocycles. The molecule has 1 heteroatoms. The SMILES string of the molecule is CC.CCC.CCCC1(NC)CCC1. The van der Waals surface area contributed by atoms with Crippen LogP contribution in [0.25, 0.3) is 0 Å². The summed E-state index contributed by atoms with van der Waals surface area (Å²) in [6.45, 7) is 10.5. The Morgan fingerprint density at radius 1 is 1.07 bits per heavy atom. The second-order valence-electron chi connectivity index (χ2n) is 3.84. The molecule has 0 radical (unpaired) electrons. The first kappa shape index (κ1) is 16.4. The van der Waals surface area contributed by atoms with Gasteiger partial charge in [-0.1, -0.05) is 47.5 Å². The first-order valence-electron chi connectivity index (χ1n) is 6.43. The minimum atomic E-state index is 0.564. The number of rotatable bonds is 3. The van der Waals surface area contributed by atoms with E-state index in [-0.39, 0.29) is 0 Å². The van der Waals surface area contributed by atoms with Gasteiger partial charge in [0.25, 0.3) is 0 Å². The smallest absolute Gasteiger partial charge is 0.0178 e. The Kier molecular flexibility index (Phi) is 12.9. The average Bonchev–Trinajstić information content (AvgIpc) is 2.16. The number of hydrogen-bond donors (Lipinski definition) is 1. The van der Waals surface area contributed by atoms with E-state index in [1.165, 1.54) is 38.5 Å². The van der Waals surface area contributed by atoms with Crippen molar-refractivity contribution in [1.82, 2.24) is 5.32 Å². The zero-order valence-corrected chi connectivity index (χ0v) is 11.2. The molecule has 0 atom stereocenters. The van der Waals surface area contributed by atoms with Gasteiger partial charge in [-0.2, -0.15) is 0 Å². The summed E-state index contributed by atoms with van der Waals surface area (Å²) in [6.07, 6.45) is 8.17. The lowest BCUT2D eigenvalue weighted by Crippen LogP contribution is -2.48. The second kappa shape index (κ2) is 11.0. The molecule has 88 valence electrons. The Balaban J connectivity index is 0. The van der Waals surface area contributed by atoms with Gasteiger partial charge in [-0.05, 0) is 32.7 Å². The Morgan fingerprint density at radius 3 is 1.57 bits per heavy atom. The maximum atomic E-state index is 3.42. The third-order valence-electron chi connectivity index (χ3n) is 2.57. The van der Waals surface area contributed by atoms with Gasteiger partial charge in [-0.3, -0.25) is 0 Å². The molecule has 0 aliphatic heterocycles. The summed E-state index contributed by atoms with van der Waals surface area (Å²) in [5, 5.41) is 3.42. The molecular weight excluding hydrogens is 170 g/mol. The molecule has 0 saturated heterocycles. The molecule has 14 heavy (non-hydrogen) atoms. The maximum Gasteiger partial charge on any atom is 0.0178 e. The van der Waals surface area contributed by atoms with Crippen LogP contribution in [0, 0.1) is 0 Å². The minimum Gasteiger partial charge on any atom is -0.314 e. The molecule has 1 saturated carbocycles. The van der Waals surface area contributed by atoms with Crippen molar-refractivity contribution in [1.29, 1.82) is 0 Å². The van der Waals surface area contributed by atoms with Crippen molar-refractivity contribution < 1.29 is 0 Å². The monoisotopic (exact) mass is 201 g/mol. The molecule has 1 aliphatic rings. The van der Waals surface area contributed by atoms with Crippen molar-refractivity contribution in [3.63, 3.8) is 0 Å². The number of nitrogens with one attached hydrogen (secondary N) is 1. The topological polar surface area (TPSA) is 12.0 Å². The molecule has 1 N–H and O–H groups in total. The van der Waals surface area contributed by atoms with E-state index in [4.69, 9.17) is 0 Å². The standard InChI is InChI=1S/C8H17N.C3H8.C2H6/c1-3-5-8(9-2)6-4-7-8;1-3-2;1-2/h9H,3-7H2,1-2H3;3H2,1-2H3;1-2H3. The first-order chi connectivity index (χ1) is 6.74. The fourth-order valence-corrected chi connectivity index (χ4v) is 1.71. The highest BCUT2D eigenvalue weighted by molar-refractivity contribution is 4.93. The predicted octanol–water partition coefficient (Wildman–Crippen LogP) is 4.37. The van der Waals surface area contributed by atoms with Gasteiger partial charge in [0.05, 0.1) is 0 Å². The van der Waals surface area contributed by atoms with Crippen LogP contribution in [-0.2, 0) is 0 Å². The zero-order valence-electron chi connectivity index (χ0n) is 11.2. The molecule has 0 heterocycles. The largest absolute Gasteiger partial charge is 0.314 e. The lowest BCUT2D eigenvalue weighted by molar-refractivity contribution is 0.182. The normalized spacial score (nSPS) is 16.7. The summed E-state index contributed by atoms with van der Waals surface area (Å²) in [5.41, 5.74) is 0.564. The van der Waals surface area contributed by atoms with Crippen molar-refractivity contribution in [3.8, 4) is 0 Å². The molecule has 1 nitrogen and oxygen atoms in total. The Morgan fingerprint density at radius 2 is 1.50 bits per heavy atom. The molecule has 0 aromatic rings. The van der Waals surface area contributed by atoms with Gasteiger partial charge in [-0.25, -0.2) is 0 Å². The lowest BCUT2D eigenvalue weighted by atomic mass is 9.74. The summed E-state index contributed by atoms with van der Waals surface area (Å²) in [5.74, 6) is 0. The summed E-state index contributed by atoms with van der Waals surface area (Å²) in [6, 6.07) is 0. The quantitative estimate of drug-likeness (QED) is 0.715. The second-order valence-corrected chi connectivity index (χ2v) is 3.84. The van der Waals surface area contributed by atoms with Gasteiger partial charge in [0.15, 0.2) is 0 Å². The van der Waals surface area contributed by atoms with E-state index in [1.54, 1.807) is 0 Å². The highest BCUT2D eigenvalue weighted by atomic mass is 15.0. The molecule has 1 fully saturated rings. The fraction of sp³-hybridized carbons (Fsp3) is 1.00. The van der Waals surface area contributed by atoms with E-state index < -0.39 is 0 Å². The Labute approximate surface area is 91.7 Å². The van der Waals surface area contributed by atoms with Crippen LogP contribution in [0.5, 0.6) is 0 Å². The fourth-order valence-electron chi connectivity index (χ4n) is 1.71. The van der Waals surface area contributed by atoms with E-state index >= 15 is 0 Å². The van der Waals surface area contributed by atoms with Crippen LogP contribution in [0.3, 0.4) is 0 Å². The van der Waals surface area contributed by atoms with Crippen molar-refractivity contribution in [3.05, 3.63) is 0 Å². The van der Waals surface area contributed by atoms with Gasteiger partial charge in [0, 0.05) is 5.54 Å².